The molecule has 1 heterocycles. The summed E-state index contributed by atoms with van der Waals surface area (Å²) in [4.78, 5) is 9.32. The van der Waals surface area contributed by atoms with Crippen molar-refractivity contribution in [3.63, 3.8) is 0 Å². The molecule has 1 rings (SSSR count). The fourth-order valence-corrected chi connectivity index (χ4v) is 1.66. The molecule has 0 aromatic rings. The Morgan fingerprint density at radius 2 is 2.27 bits per heavy atom. The molecule has 1 fully saturated rings. The number of hydrogen-bond acceptors (Lipinski definition) is 4. The summed E-state index contributed by atoms with van der Waals surface area (Å²) in [5.74, 6) is 0. The van der Waals surface area contributed by atoms with E-state index in [-0.39, 0.29) is 39.3 Å². The first-order valence-corrected chi connectivity index (χ1v) is 6.20. The fraction of sp³-hybridized carbons (Fsp3) is 0.875. The predicted octanol–water partition coefficient (Wildman–Crippen LogP) is 0.906. The van der Waals surface area contributed by atoms with Gasteiger partial charge >= 0.3 is 7.60 Å². The zero-order valence-corrected chi connectivity index (χ0v) is 12.6. The smallest absolute Gasteiger partial charge is 0.330 e. The van der Waals surface area contributed by atoms with Crippen molar-refractivity contribution in [3.05, 3.63) is 6.61 Å². The van der Waals surface area contributed by atoms with Gasteiger partial charge in [-0.25, -0.2) is 6.61 Å². The van der Waals surface area contributed by atoms with Gasteiger partial charge in [0.05, 0.1) is 24.5 Å². The molecule has 0 aliphatic carbocycles. The van der Waals surface area contributed by atoms with Crippen LogP contribution in [0.15, 0.2) is 0 Å². The van der Waals surface area contributed by atoms with Crippen LogP contribution in [0.1, 0.15) is 20.3 Å². The van der Waals surface area contributed by atoms with Crippen molar-refractivity contribution >= 4 is 7.60 Å². The van der Waals surface area contributed by atoms with E-state index in [1.54, 1.807) is 13.8 Å². The number of aliphatic hydroxyl groups excluding tert-OH is 1. The van der Waals surface area contributed by atoms with Gasteiger partial charge in [0.15, 0.2) is 0 Å². The van der Waals surface area contributed by atoms with Gasteiger partial charge in [-0.15, -0.1) is 6.42 Å². The predicted molar refractivity (Wildman–Crippen MR) is 50.7 cm³/mol. The second-order valence-corrected chi connectivity index (χ2v) is 6.02. The van der Waals surface area contributed by atoms with Gasteiger partial charge in [0.2, 0.25) is 0 Å². The summed E-state index contributed by atoms with van der Waals surface area (Å²) in [7, 11) is -3.55. The second-order valence-electron chi connectivity index (χ2n) is 3.60. The molecule has 0 saturated carbocycles. The third-order valence-electron chi connectivity index (χ3n) is 2.11. The first-order valence-electron chi connectivity index (χ1n) is 4.55. The van der Waals surface area contributed by atoms with Gasteiger partial charge in [-0.05, 0) is 0 Å². The second kappa shape index (κ2) is 6.80. The van der Waals surface area contributed by atoms with Gasteiger partial charge < -0.3 is 19.3 Å². The van der Waals surface area contributed by atoms with Crippen molar-refractivity contribution in [2.75, 3.05) is 6.61 Å². The molecule has 3 atom stereocenters. The molecule has 5 nitrogen and oxygen atoms in total. The maximum atomic E-state index is 11.4. The Hall–Kier alpha value is 1.17. The molecular weight excluding hydrogens is 296 g/mol. The van der Waals surface area contributed by atoms with Crippen LogP contribution < -0.4 is 0 Å². The molecule has 1 aliphatic rings. The van der Waals surface area contributed by atoms with Crippen LogP contribution >= 0.6 is 7.60 Å². The molecule has 87 valence electrons. The summed E-state index contributed by atoms with van der Waals surface area (Å²) in [6.45, 7) is 4.65. The van der Waals surface area contributed by atoms with Crippen LogP contribution in [-0.2, 0) is 46.5 Å². The average molecular weight is 312 g/mol. The van der Waals surface area contributed by atoms with E-state index in [0.717, 1.165) is 0 Å². The Bertz CT molecular complexity index is 235. The Balaban J connectivity index is 0.00000196. The number of ether oxygens (including phenoxy) is 1. The Kier molecular flexibility index (Phi) is 7.33. The van der Waals surface area contributed by atoms with Crippen LogP contribution in [0.2, 0.25) is 0 Å². The zero-order chi connectivity index (χ0) is 10.8. The Morgan fingerprint density at radius 3 is 2.67 bits per heavy atom. The Labute approximate surface area is 115 Å². The molecular formula is C8H16O5PY-. The van der Waals surface area contributed by atoms with Gasteiger partial charge in [0, 0.05) is 32.7 Å². The molecule has 0 aromatic heterocycles. The summed E-state index contributed by atoms with van der Waals surface area (Å²) in [6, 6.07) is 0. The molecule has 7 heteroatoms. The molecule has 0 spiro atoms. The summed E-state index contributed by atoms with van der Waals surface area (Å²) in [6.07, 6.45) is -0.720. The van der Waals surface area contributed by atoms with E-state index in [0.29, 0.717) is 6.42 Å². The number of aliphatic hydroxyl groups is 1. The van der Waals surface area contributed by atoms with E-state index in [4.69, 9.17) is 9.26 Å². The van der Waals surface area contributed by atoms with E-state index in [1.165, 1.54) is 6.61 Å². The quantitative estimate of drug-likeness (QED) is 0.596. The number of rotatable bonds is 4. The summed E-state index contributed by atoms with van der Waals surface area (Å²) < 4.78 is 21.2. The minimum Gasteiger partial charge on any atom is -0.546 e. The average Bonchev–Trinajstić information content (AvgIpc) is 2.47. The van der Waals surface area contributed by atoms with E-state index in [9.17, 15) is 14.6 Å². The van der Waals surface area contributed by atoms with Gasteiger partial charge in [-0.3, -0.25) is 4.57 Å². The molecule has 0 amide bonds. The topological polar surface area (TPSA) is 76.0 Å². The van der Waals surface area contributed by atoms with E-state index in [2.05, 4.69) is 0 Å². The van der Waals surface area contributed by atoms with Crippen molar-refractivity contribution in [1.29, 1.82) is 0 Å². The molecule has 1 radical (unpaired) electrons. The van der Waals surface area contributed by atoms with Crippen LogP contribution in [0.3, 0.4) is 0 Å². The normalized spacial score (nSPS) is 29.9. The van der Waals surface area contributed by atoms with E-state index in [1.807, 2.05) is 0 Å². The summed E-state index contributed by atoms with van der Waals surface area (Å²) in [5.41, 5.74) is -0.440. The zero-order valence-electron chi connectivity index (χ0n) is 8.87. The van der Waals surface area contributed by atoms with Crippen LogP contribution in [0, 0.1) is 6.61 Å². The molecule has 3 unspecified atom stereocenters. The maximum absolute atomic E-state index is 11.4. The SMILES string of the molecule is CC(C)P(=O)(O)OCC1O[CH-]CC1O.[Y]. The molecule has 0 bridgehead atoms. The van der Waals surface area contributed by atoms with Crippen LogP contribution in [0.5, 0.6) is 0 Å². The standard InChI is InChI=1S/C8H16O5P.Y/c1-6(2)14(10,11)13-5-8-7(9)3-4-12-8;/h4,6-9H,3,5H2,1-2H3,(H,10,11);/q-1;. The summed E-state index contributed by atoms with van der Waals surface area (Å²) in [5, 5.41) is 9.32. The molecule has 15 heavy (non-hydrogen) atoms. The Morgan fingerprint density at radius 1 is 1.67 bits per heavy atom. The van der Waals surface area contributed by atoms with Gasteiger partial charge in [0.1, 0.15) is 0 Å². The first kappa shape index (κ1) is 16.2. The van der Waals surface area contributed by atoms with Crippen molar-refractivity contribution in [2.45, 2.75) is 38.1 Å². The maximum Gasteiger partial charge on any atom is 0.330 e. The van der Waals surface area contributed by atoms with Crippen molar-refractivity contribution in [3.8, 4) is 0 Å². The summed E-state index contributed by atoms with van der Waals surface area (Å²) >= 11 is 0. The molecule has 0 aromatic carbocycles. The van der Waals surface area contributed by atoms with Crippen LogP contribution in [0.25, 0.3) is 0 Å². The van der Waals surface area contributed by atoms with Crippen molar-refractivity contribution in [2.24, 2.45) is 0 Å². The molecule has 1 aliphatic heterocycles. The van der Waals surface area contributed by atoms with E-state index >= 15 is 0 Å². The van der Waals surface area contributed by atoms with Crippen molar-refractivity contribution < 1.29 is 56.5 Å². The minimum atomic E-state index is -3.55. The third kappa shape index (κ3) is 4.90. The van der Waals surface area contributed by atoms with Gasteiger partial charge in [-0.2, -0.15) is 0 Å². The van der Waals surface area contributed by atoms with Gasteiger partial charge in [-0.1, -0.05) is 13.8 Å². The third-order valence-corrected chi connectivity index (χ3v) is 3.94. The largest absolute Gasteiger partial charge is 0.546 e. The monoisotopic (exact) mass is 312 g/mol. The van der Waals surface area contributed by atoms with Crippen molar-refractivity contribution in [1.82, 2.24) is 0 Å². The first-order chi connectivity index (χ1) is 6.43. The van der Waals surface area contributed by atoms with Crippen LogP contribution in [0.4, 0.5) is 0 Å². The number of hydrogen-bond donors (Lipinski definition) is 2. The molecule has 2 N–H and O–H groups in total. The van der Waals surface area contributed by atoms with Crippen LogP contribution in [-0.4, -0.2) is 34.5 Å². The minimum absolute atomic E-state index is 0. The van der Waals surface area contributed by atoms with Gasteiger partial charge in [0.25, 0.3) is 0 Å². The van der Waals surface area contributed by atoms with E-state index < -0.39 is 25.5 Å². The molecule has 1 saturated heterocycles. The fourth-order valence-electron chi connectivity index (χ4n) is 1.000.